The lowest BCUT2D eigenvalue weighted by Gasteiger charge is -2.31. The highest BCUT2D eigenvalue weighted by Crippen LogP contribution is 2.39. The summed E-state index contributed by atoms with van der Waals surface area (Å²) in [6, 6.07) is 12.5. The normalized spacial score (nSPS) is 16.3. The predicted octanol–water partition coefficient (Wildman–Crippen LogP) is 6.28. The zero-order valence-electron chi connectivity index (χ0n) is 23.1. The summed E-state index contributed by atoms with van der Waals surface area (Å²) in [4.78, 5) is 34.5. The van der Waals surface area contributed by atoms with Crippen molar-refractivity contribution in [1.29, 1.82) is 0 Å². The van der Waals surface area contributed by atoms with Crippen molar-refractivity contribution in [1.82, 2.24) is 14.8 Å². The molecule has 222 valence electrons. The van der Waals surface area contributed by atoms with E-state index in [0.29, 0.717) is 18.0 Å². The molecule has 0 aliphatic carbocycles. The lowest BCUT2D eigenvalue weighted by atomic mass is 9.88. The highest BCUT2D eigenvalue weighted by Gasteiger charge is 2.40. The maximum atomic E-state index is 15.5. The van der Waals surface area contributed by atoms with Crippen molar-refractivity contribution in [3.8, 4) is 16.9 Å². The predicted molar refractivity (Wildman–Crippen MR) is 158 cm³/mol. The minimum atomic E-state index is -1.45. The minimum absolute atomic E-state index is 0.0993. The molecule has 0 bridgehead atoms. The van der Waals surface area contributed by atoms with Crippen LogP contribution in [-0.2, 0) is 11.3 Å². The first-order chi connectivity index (χ1) is 20.8. The molecular formula is C32H29F3N4O3S. The number of carbonyl (C=O) groups is 2. The van der Waals surface area contributed by atoms with E-state index in [9.17, 15) is 23.5 Å². The van der Waals surface area contributed by atoms with Crippen LogP contribution in [0.3, 0.4) is 0 Å². The van der Waals surface area contributed by atoms with Gasteiger partial charge in [0.05, 0.1) is 6.54 Å². The molecule has 2 N–H and O–H groups in total. The molecule has 0 spiro atoms. The molecule has 3 aromatic carbocycles. The molecule has 1 unspecified atom stereocenters. The van der Waals surface area contributed by atoms with Crippen LogP contribution in [0.15, 0.2) is 66.2 Å². The quantitative estimate of drug-likeness (QED) is 0.247. The van der Waals surface area contributed by atoms with Crippen molar-refractivity contribution in [2.75, 3.05) is 31.6 Å². The number of rotatable bonds is 8. The van der Waals surface area contributed by atoms with Crippen LogP contribution < -0.4 is 5.32 Å². The molecule has 2 aliphatic heterocycles. The van der Waals surface area contributed by atoms with Gasteiger partial charge in [0.15, 0.2) is 5.13 Å². The largest absolute Gasteiger partial charge is 0.508 e. The Morgan fingerprint density at radius 1 is 1.07 bits per heavy atom. The summed E-state index contributed by atoms with van der Waals surface area (Å²) in [6.07, 6.45) is 3.37. The fourth-order valence-corrected chi connectivity index (χ4v) is 6.50. The number of nitrogens with one attached hydrogen (secondary N) is 1. The van der Waals surface area contributed by atoms with Gasteiger partial charge in [-0.2, -0.15) is 0 Å². The first-order valence-electron chi connectivity index (χ1n) is 14.0. The number of thiazole rings is 1. The van der Waals surface area contributed by atoms with E-state index in [-0.39, 0.29) is 40.8 Å². The van der Waals surface area contributed by atoms with Gasteiger partial charge in [-0.1, -0.05) is 24.3 Å². The van der Waals surface area contributed by atoms with E-state index in [4.69, 9.17) is 0 Å². The Bertz CT molecular complexity index is 1640. The maximum absolute atomic E-state index is 15.5. The first kappa shape index (κ1) is 28.9. The standard InChI is InChI=1S/C32H29F3N4O3S/c33-9-13-38-11-7-21(8-12-38)19-1-3-20(4-2-19)22-15-24-26(27(35)16-22)18-39(31(24)42)29(25-17-23(34)5-6-28(25)40)30(41)37-32-36-10-14-43-32/h1-6,10,14-17,21,29,40H,7-9,11-13,18H2,(H,36,37,41). The Morgan fingerprint density at radius 2 is 1.84 bits per heavy atom. The summed E-state index contributed by atoms with van der Waals surface area (Å²) >= 11 is 1.16. The van der Waals surface area contributed by atoms with Gasteiger partial charge in [0.25, 0.3) is 11.8 Å². The molecular weight excluding hydrogens is 577 g/mol. The fraction of sp³-hybridized carbons (Fsp3) is 0.281. The number of halogens is 3. The van der Waals surface area contributed by atoms with Crippen molar-refractivity contribution >= 4 is 28.3 Å². The van der Waals surface area contributed by atoms with E-state index in [2.05, 4.69) is 15.2 Å². The number of amides is 2. The highest BCUT2D eigenvalue weighted by molar-refractivity contribution is 7.13. The topological polar surface area (TPSA) is 85.8 Å². The van der Waals surface area contributed by atoms with Crippen LogP contribution in [-0.4, -0.2) is 58.0 Å². The van der Waals surface area contributed by atoms with Gasteiger partial charge in [-0.15, -0.1) is 11.3 Å². The molecule has 4 aromatic rings. The number of aromatic hydroxyl groups is 1. The molecule has 2 amide bonds. The van der Waals surface area contributed by atoms with Gasteiger partial charge < -0.3 is 14.9 Å². The number of likely N-dealkylation sites (tertiary alicyclic amines) is 1. The van der Waals surface area contributed by atoms with Crippen LogP contribution in [0.1, 0.15) is 51.8 Å². The molecule has 7 nitrogen and oxygen atoms in total. The number of anilines is 1. The van der Waals surface area contributed by atoms with E-state index < -0.39 is 29.5 Å². The third-order valence-corrected chi connectivity index (χ3v) is 8.91. The van der Waals surface area contributed by atoms with Gasteiger partial charge in [-0.3, -0.25) is 14.9 Å². The SMILES string of the molecule is O=C(Nc1nccs1)C(c1cc(F)ccc1O)N1Cc2c(F)cc(-c3ccc(C4CCN(CCF)CC4)cc3)cc2C1=O. The zero-order chi connectivity index (χ0) is 30.1. The van der Waals surface area contributed by atoms with Gasteiger partial charge in [0, 0.05) is 34.8 Å². The third-order valence-electron chi connectivity index (χ3n) is 8.23. The van der Waals surface area contributed by atoms with Crippen molar-refractivity contribution < 1.29 is 27.9 Å². The number of alkyl halides is 1. The van der Waals surface area contributed by atoms with E-state index in [1.54, 1.807) is 11.4 Å². The van der Waals surface area contributed by atoms with Crippen LogP contribution in [0.2, 0.25) is 0 Å². The molecule has 2 aliphatic rings. The van der Waals surface area contributed by atoms with Gasteiger partial charge in [0.2, 0.25) is 0 Å². The molecule has 1 atom stereocenters. The van der Waals surface area contributed by atoms with Crippen molar-refractivity contribution in [2.45, 2.75) is 31.3 Å². The summed E-state index contributed by atoms with van der Waals surface area (Å²) in [5, 5.41) is 15.1. The Labute approximate surface area is 250 Å². The van der Waals surface area contributed by atoms with Gasteiger partial charge >= 0.3 is 0 Å². The van der Waals surface area contributed by atoms with E-state index in [1.807, 2.05) is 24.3 Å². The molecule has 43 heavy (non-hydrogen) atoms. The number of aromatic nitrogens is 1. The average molecular weight is 607 g/mol. The molecule has 6 rings (SSSR count). The molecule has 1 saturated heterocycles. The number of fused-ring (bicyclic) bond motifs is 1. The fourth-order valence-electron chi connectivity index (χ4n) is 5.97. The Hall–Kier alpha value is -4.22. The number of phenolic OH excluding ortho intramolecular Hbond substituents is 1. The van der Waals surface area contributed by atoms with Crippen LogP contribution in [0.5, 0.6) is 5.75 Å². The van der Waals surface area contributed by atoms with Crippen molar-refractivity contribution in [3.05, 3.63) is 100 Å². The van der Waals surface area contributed by atoms with Crippen LogP contribution in [0, 0.1) is 11.6 Å². The van der Waals surface area contributed by atoms with E-state index >= 15 is 4.39 Å². The summed E-state index contributed by atoms with van der Waals surface area (Å²) in [5.74, 6) is -2.65. The Kier molecular flexibility index (Phi) is 8.18. The number of piperidine rings is 1. The number of nitrogens with zero attached hydrogens (tertiary/aromatic N) is 3. The number of phenols is 1. The van der Waals surface area contributed by atoms with Crippen molar-refractivity contribution in [2.24, 2.45) is 0 Å². The minimum Gasteiger partial charge on any atom is -0.508 e. The van der Waals surface area contributed by atoms with Crippen LogP contribution in [0.25, 0.3) is 11.1 Å². The highest BCUT2D eigenvalue weighted by atomic mass is 32.1. The Balaban J connectivity index is 1.27. The number of benzene rings is 3. The zero-order valence-corrected chi connectivity index (χ0v) is 23.9. The summed E-state index contributed by atoms with van der Waals surface area (Å²) in [5.41, 5.74) is 2.50. The smallest absolute Gasteiger partial charge is 0.255 e. The summed E-state index contributed by atoms with van der Waals surface area (Å²) in [6.45, 7) is 1.58. The second-order valence-electron chi connectivity index (χ2n) is 10.8. The van der Waals surface area contributed by atoms with Crippen LogP contribution >= 0.6 is 11.3 Å². The number of hydrogen-bond acceptors (Lipinski definition) is 6. The van der Waals surface area contributed by atoms with E-state index in [1.165, 1.54) is 12.3 Å². The number of hydrogen-bond donors (Lipinski definition) is 2. The molecule has 1 aromatic heterocycles. The molecule has 0 saturated carbocycles. The van der Waals surface area contributed by atoms with Gasteiger partial charge in [-0.05, 0) is 78.9 Å². The van der Waals surface area contributed by atoms with Crippen LogP contribution in [0.4, 0.5) is 18.3 Å². The molecule has 0 radical (unpaired) electrons. The summed E-state index contributed by atoms with van der Waals surface area (Å²) in [7, 11) is 0. The van der Waals surface area contributed by atoms with Gasteiger partial charge in [-0.25, -0.2) is 18.2 Å². The summed E-state index contributed by atoms with van der Waals surface area (Å²) < 4.78 is 42.5. The second-order valence-corrected chi connectivity index (χ2v) is 11.7. The third kappa shape index (κ3) is 5.87. The monoisotopic (exact) mass is 606 g/mol. The molecule has 11 heteroatoms. The second kappa shape index (κ2) is 12.2. The molecule has 3 heterocycles. The number of carbonyl (C=O) groups excluding carboxylic acids is 2. The van der Waals surface area contributed by atoms with Crippen molar-refractivity contribution in [3.63, 3.8) is 0 Å². The average Bonchev–Trinajstić information content (AvgIpc) is 3.64. The van der Waals surface area contributed by atoms with Gasteiger partial charge in [0.1, 0.15) is 30.1 Å². The van der Waals surface area contributed by atoms with E-state index in [0.717, 1.165) is 71.5 Å². The Morgan fingerprint density at radius 3 is 2.53 bits per heavy atom. The lowest BCUT2D eigenvalue weighted by molar-refractivity contribution is -0.120. The lowest BCUT2D eigenvalue weighted by Crippen LogP contribution is -2.37. The molecule has 1 fully saturated rings. The maximum Gasteiger partial charge on any atom is 0.255 e. The first-order valence-corrected chi connectivity index (χ1v) is 14.9.